The first-order chi connectivity index (χ1) is 15.6. The summed E-state index contributed by atoms with van der Waals surface area (Å²) in [5.41, 5.74) is 2.04. The average Bonchev–Trinajstić information content (AvgIpc) is 3.35. The Balaban J connectivity index is 1.59. The summed E-state index contributed by atoms with van der Waals surface area (Å²) in [5.74, 6) is -0.263. The molecule has 2 fully saturated rings. The Bertz CT molecular complexity index is 1150. The summed E-state index contributed by atoms with van der Waals surface area (Å²) in [6.07, 6.45) is -0.931. The average molecular weight is 430 g/mol. The highest BCUT2D eigenvalue weighted by Crippen LogP contribution is 2.48. The summed E-state index contributed by atoms with van der Waals surface area (Å²) >= 11 is 0. The number of imide groups is 1. The molecule has 0 unspecified atom stereocenters. The minimum absolute atomic E-state index is 0.316. The Labute approximate surface area is 185 Å². The minimum Gasteiger partial charge on any atom is -0.497 e. The molecule has 0 spiro atoms. The van der Waals surface area contributed by atoms with Crippen LogP contribution >= 0.6 is 0 Å². The van der Waals surface area contributed by atoms with E-state index in [1.807, 2.05) is 54.6 Å². The number of fused-ring (bicyclic) bond motifs is 1. The summed E-state index contributed by atoms with van der Waals surface area (Å²) < 4.78 is 10.7. The van der Waals surface area contributed by atoms with Crippen molar-refractivity contribution >= 4 is 23.2 Å². The predicted octanol–water partition coefficient (Wildman–Crippen LogP) is 3.75. The van der Waals surface area contributed by atoms with Crippen molar-refractivity contribution in [2.45, 2.75) is 12.1 Å². The van der Waals surface area contributed by atoms with Crippen molar-refractivity contribution in [3.8, 4) is 11.5 Å². The van der Waals surface area contributed by atoms with Gasteiger partial charge in [0.05, 0.1) is 31.6 Å². The number of methoxy groups -OCH3 is 2. The van der Waals surface area contributed by atoms with E-state index in [2.05, 4.69) is 0 Å². The third-order valence-corrected chi connectivity index (χ3v) is 5.91. The minimum atomic E-state index is -0.931. The first kappa shape index (κ1) is 20.1. The van der Waals surface area contributed by atoms with Crippen LogP contribution in [-0.4, -0.2) is 32.1 Å². The molecule has 0 aromatic heterocycles. The number of nitrogens with zero attached hydrogens (tertiary/aromatic N) is 2. The molecule has 0 saturated carbocycles. The lowest BCUT2D eigenvalue weighted by molar-refractivity contribution is -0.126. The van der Waals surface area contributed by atoms with Crippen molar-refractivity contribution in [3.05, 3.63) is 84.4 Å². The smallest absolute Gasteiger partial charge is 0.266 e. The Kier molecular flexibility index (Phi) is 5.03. The standard InChI is InChI=1S/C25H22N2O5/c1-30-18-14-12-16(13-15-18)22-21-23(32-27(22)17-8-4-3-5-9-17)25(29)26(24(21)28)19-10-6-7-11-20(19)31-2/h3-15,21-23H,1-2H3/t21-,22-,23-/m0/s1. The molecule has 5 rings (SSSR count). The van der Waals surface area contributed by atoms with Gasteiger partial charge in [0.1, 0.15) is 17.4 Å². The monoisotopic (exact) mass is 430 g/mol. The van der Waals surface area contributed by atoms with Gasteiger partial charge >= 0.3 is 0 Å². The summed E-state index contributed by atoms with van der Waals surface area (Å²) in [5, 5.41) is 1.67. The molecule has 2 amide bonds. The van der Waals surface area contributed by atoms with E-state index in [0.29, 0.717) is 17.2 Å². The molecule has 2 aliphatic heterocycles. The van der Waals surface area contributed by atoms with Crippen LogP contribution in [0.15, 0.2) is 78.9 Å². The summed E-state index contributed by atoms with van der Waals surface area (Å²) in [6, 6.07) is 23.5. The topological polar surface area (TPSA) is 68.3 Å². The quantitative estimate of drug-likeness (QED) is 0.575. The zero-order valence-corrected chi connectivity index (χ0v) is 17.7. The number of benzene rings is 3. The largest absolute Gasteiger partial charge is 0.497 e. The van der Waals surface area contributed by atoms with Gasteiger partial charge in [-0.15, -0.1) is 0 Å². The predicted molar refractivity (Wildman–Crippen MR) is 119 cm³/mol. The maximum Gasteiger partial charge on any atom is 0.266 e. The second-order valence-electron chi connectivity index (χ2n) is 7.61. The molecule has 2 saturated heterocycles. The number of ether oxygens (including phenoxy) is 2. The fraction of sp³-hybridized carbons (Fsp3) is 0.200. The number of para-hydroxylation sites is 3. The molecule has 3 atom stereocenters. The molecule has 0 radical (unpaired) electrons. The Morgan fingerprint density at radius 3 is 2.16 bits per heavy atom. The molecule has 3 aromatic carbocycles. The number of carbonyl (C=O) groups is 2. The highest BCUT2D eigenvalue weighted by Gasteiger charge is 2.60. The van der Waals surface area contributed by atoms with E-state index in [9.17, 15) is 9.59 Å². The van der Waals surface area contributed by atoms with Crippen LogP contribution in [-0.2, 0) is 14.4 Å². The van der Waals surface area contributed by atoms with E-state index in [1.54, 1.807) is 36.4 Å². The van der Waals surface area contributed by atoms with Crippen molar-refractivity contribution in [2.75, 3.05) is 24.2 Å². The molecule has 2 aliphatic rings. The van der Waals surface area contributed by atoms with Gasteiger partial charge in [0, 0.05) is 0 Å². The van der Waals surface area contributed by atoms with Crippen molar-refractivity contribution in [1.29, 1.82) is 0 Å². The van der Waals surface area contributed by atoms with Crippen LogP contribution in [0.5, 0.6) is 11.5 Å². The van der Waals surface area contributed by atoms with Gasteiger partial charge in [-0.2, -0.15) is 0 Å². The molecular formula is C25H22N2O5. The van der Waals surface area contributed by atoms with Gasteiger partial charge in [-0.25, -0.2) is 9.96 Å². The fourth-order valence-electron chi connectivity index (χ4n) is 4.41. The fourth-order valence-corrected chi connectivity index (χ4v) is 4.41. The van der Waals surface area contributed by atoms with E-state index in [4.69, 9.17) is 14.3 Å². The number of carbonyl (C=O) groups excluding carboxylic acids is 2. The highest BCUT2D eigenvalue weighted by atomic mass is 16.7. The lowest BCUT2D eigenvalue weighted by Crippen LogP contribution is -2.37. The van der Waals surface area contributed by atoms with Crippen LogP contribution in [0.1, 0.15) is 11.6 Å². The number of hydrogen-bond donors (Lipinski definition) is 0. The maximum atomic E-state index is 13.7. The molecule has 162 valence electrons. The molecule has 3 aromatic rings. The summed E-state index contributed by atoms with van der Waals surface area (Å²) in [4.78, 5) is 34.4. The normalized spacial score (nSPS) is 22.2. The van der Waals surface area contributed by atoms with Gasteiger partial charge in [0.2, 0.25) is 5.91 Å². The number of anilines is 2. The van der Waals surface area contributed by atoms with Crippen molar-refractivity contribution in [3.63, 3.8) is 0 Å². The SMILES string of the molecule is COc1ccc([C@H]2[C@@H]3C(=O)N(c4ccccc4OC)C(=O)[C@H]3ON2c2ccccc2)cc1. The molecule has 0 N–H and O–H groups in total. The maximum absolute atomic E-state index is 13.7. The van der Waals surface area contributed by atoms with Crippen LogP contribution in [0.25, 0.3) is 0 Å². The lowest BCUT2D eigenvalue weighted by Gasteiger charge is -2.29. The van der Waals surface area contributed by atoms with E-state index < -0.39 is 24.0 Å². The van der Waals surface area contributed by atoms with E-state index >= 15 is 0 Å². The highest BCUT2D eigenvalue weighted by molar-refractivity contribution is 6.24. The molecule has 32 heavy (non-hydrogen) atoms. The molecule has 0 bridgehead atoms. The van der Waals surface area contributed by atoms with E-state index in [1.165, 1.54) is 12.0 Å². The number of rotatable bonds is 5. The van der Waals surface area contributed by atoms with Gasteiger partial charge < -0.3 is 9.47 Å². The van der Waals surface area contributed by atoms with Gasteiger partial charge in [-0.1, -0.05) is 42.5 Å². The summed E-state index contributed by atoms with van der Waals surface area (Å²) in [7, 11) is 3.11. The summed E-state index contributed by atoms with van der Waals surface area (Å²) in [6.45, 7) is 0. The first-order valence-corrected chi connectivity index (χ1v) is 10.3. The molecular weight excluding hydrogens is 408 g/mol. The number of hydroxylamine groups is 1. The molecule has 7 heteroatoms. The van der Waals surface area contributed by atoms with Crippen LogP contribution in [0.2, 0.25) is 0 Å². The van der Waals surface area contributed by atoms with Gasteiger partial charge in [0.25, 0.3) is 5.91 Å². The van der Waals surface area contributed by atoms with Gasteiger partial charge in [-0.05, 0) is 42.0 Å². The molecule has 2 heterocycles. The zero-order chi connectivity index (χ0) is 22.2. The number of amides is 2. The lowest BCUT2D eigenvalue weighted by atomic mass is 9.90. The van der Waals surface area contributed by atoms with Gasteiger partial charge in [0.15, 0.2) is 6.10 Å². The van der Waals surface area contributed by atoms with Crippen molar-refractivity contribution < 1.29 is 23.9 Å². The van der Waals surface area contributed by atoms with E-state index in [-0.39, 0.29) is 5.91 Å². The van der Waals surface area contributed by atoms with Crippen LogP contribution in [0.4, 0.5) is 11.4 Å². The molecule has 7 nitrogen and oxygen atoms in total. The second kappa shape index (κ2) is 8.01. The Morgan fingerprint density at radius 1 is 0.781 bits per heavy atom. The van der Waals surface area contributed by atoms with Crippen LogP contribution in [0, 0.1) is 5.92 Å². The third kappa shape index (κ3) is 3.09. The van der Waals surface area contributed by atoms with Gasteiger partial charge in [-0.3, -0.25) is 14.4 Å². The Hall–Kier alpha value is -3.84. The Morgan fingerprint density at radius 2 is 1.47 bits per heavy atom. The first-order valence-electron chi connectivity index (χ1n) is 10.3. The van der Waals surface area contributed by atoms with Crippen LogP contribution in [0.3, 0.4) is 0 Å². The molecule has 0 aliphatic carbocycles. The number of hydrogen-bond acceptors (Lipinski definition) is 6. The van der Waals surface area contributed by atoms with Crippen molar-refractivity contribution in [1.82, 2.24) is 0 Å². The third-order valence-electron chi connectivity index (χ3n) is 5.91. The van der Waals surface area contributed by atoms with Crippen LogP contribution < -0.4 is 19.4 Å². The van der Waals surface area contributed by atoms with E-state index in [0.717, 1.165) is 11.3 Å². The van der Waals surface area contributed by atoms with Crippen molar-refractivity contribution in [2.24, 2.45) is 5.92 Å². The zero-order valence-electron chi connectivity index (χ0n) is 17.7. The second-order valence-corrected chi connectivity index (χ2v) is 7.61.